The molecule has 1 rings (SSSR count). The van der Waals surface area contributed by atoms with Gasteiger partial charge in [0.25, 0.3) is 0 Å². The van der Waals surface area contributed by atoms with Crippen molar-refractivity contribution in [2.45, 2.75) is 13.3 Å². The smallest absolute Gasteiger partial charge is 0.315 e. The molecule has 0 saturated carbocycles. The molecule has 0 aliphatic carbocycles. The Kier molecular flexibility index (Phi) is 3.76. The van der Waals surface area contributed by atoms with Crippen molar-refractivity contribution in [3.63, 3.8) is 0 Å². The van der Waals surface area contributed by atoms with Gasteiger partial charge in [-0.05, 0) is 19.1 Å². The number of allylic oxidation sites excluding steroid dienone is 1. The lowest BCUT2D eigenvalue weighted by molar-refractivity contribution is -0.133. The lowest BCUT2D eigenvalue weighted by Crippen LogP contribution is -2.05. The number of para-hydroxylation sites is 1. The van der Waals surface area contributed by atoms with Gasteiger partial charge in [0.15, 0.2) is 0 Å². The Balaban J connectivity index is 2.46. The maximum Gasteiger partial charge on any atom is 0.315 e. The molecule has 0 spiro atoms. The quantitative estimate of drug-likeness (QED) is 0.402. The summed E-state index contributed by atoms with van der Waals surface area (Å²) >= 11 is 0. The van der Waals surface area contributed by atoms with E-state index in [0.29, 0.717) is 12.2 Å². The predicted octanol–water partition coefficient (Wildman–Crippen LogP) is 2.56. The average Bonchev–Trinajstić information content (AvgIpc) is 2.16. The van der Waals surface area contributed by atoms with Crippen LogP contribution in [-0.4, -0.2) is 5.97 Å². The molecule has 68 valence electrons. The van der Waals surface area contributed by atoms with Crippen LogP contribution in [0.15, 0.2) is 42.5 Å². The van der Waals surface area contributed by atoms with Gasteiger partial charge in [0, 0.05) is 0 Å². The van der Waals surface area contributed by atoms with Crippen molar-refractivity contribution in [2.24, 2.45) is 0 Å². The third-order valence-electron chi connectivity index (χ3n) is 1.50. The lowest BCUT2D eigenvalue weighted by atomic mass is 10.3. The SMILES string of the molecule is C/C=C\CC(=O)Oc1ccccc1. The third-order valence-corrected chi connectivity index (χ3v) is 1.50. The number of benzene rings is 1. The number of hydrogen-bond donors (Lipinski definition) is 0. The molecule has 0 heterocycles. The second-order valence-corrected chi connectivity index (χ2v) is 2.56. The Morgan fingerprint density at radius 1 is 1.38 bits per heavy atom. The molecule has 0 saturated heterocycles. The zero-order chi connectivity index (χ0) is 9.52. The van der Waals surface area contributed by atoms with Crippen LogP contribution in [0.4, 0.5) is 0 Å². The van der Waals surface area contributed by atoms with E-state index in [0.717, 1.165) is 0 Å². The largest absolute Gasteiger partial charge is 0.426 e. The van der Waals surface area contributed by atoms with Crippen LogP contribution in [0.3, 0.4) is 0 Å². The fourth-order valence-electron chi connectivity index (χ4n) is 0.876. The number of carbonyl (C=O) groups excluding carboxylic acids is 1. The summed E-state index contributed by atoms with van der Waals surface area (Å²) in [4.78, 5) is 11.1. The van der Waals surface area contributed by atoms with Gasteiger partial charge < -0.3 is 4.74 Å². The monoisotopic (exact) mass is 176 g/mol. The second-order valence-electron chi connectivity index (χ2n) is 2.56. The molecule has 13 heavy (non-hydrogen) atoms. The Labute approximate surface area is 77.8 Å². The standard InChI is InChI=1S/C11H12O2/c1-2-3-9-11(12)13-10-7-5-4-6-8-10/h2-8H,9H2,1H3/b3-2-. The molecule has 1 aromatic rings. The van der Waals surface area contributed by atoms with E-state index in [2.05, 4.69) is 0 Å². The van der Waals surface area contributed by atoms with Crippen molar-refractivity contribution >= 4 is 5.97 Å². The molecule has 0 aliphatic rings. The van der Waals surface area contributed by atoms with E-state index >= 15 is 0 Å². The Hall–Kier alpha value is -1.57. The molecular formula is C11H12O2. The van der Waals surface area contributed by atoms with Gasteiger partial charge in [-0.15, -0.1) is 0 Å². The molecular weight excluding hydrogens is 164 g/mol. The summed E-state index contributed by atoms with van der Waals surface area (Å²) in [6, 6.07) is 9.06. The van der Waals surface area contributed by atoms with Crippen LogP contribution >= 0.6 is 0 Å². The van der Waals surface area contributed by atoms with Crippen LogP contribution < -0.4 is 4.74 Å². The zero-order valence-corrected chi connectivity index (χ0v) is 7.57. The molecule has 0 amide bonds. The first-order chi connectivity index (χ1) is 6.33. The van der Waals surface area contributed by atoms with Gasteiger partial charge in [-0.2, -0.15) is 0 Å². The van der Waals surface area contributed by atoms with Crippen molar-refractivity contribution in [3.05, 3.63) is 42.5 Å². The average molecular weight is 176 g/mol. The highest BCUT2D eigenvalue weighted by Gasteiger charge is 2.00. The van der Waals surface area contributed by atoms with Crippen LogP contribution in [0, 0.1) is 0 Å². The number of rotatable bonds is 3. The van der Waals surface area contributed by atoms with Gasteiger partial charge in [-0.1, -0.05) is 30.4 Å². The van der Waals surface area contributed by atoms with Crippen LogP contribution in [0.5, 0.6) is 5.75 Å². The fraction of sp³-hybridized carbons (Fsp3) is 0.182. The highest BCUT2D eigenvalue weighted by molar-refractivity contribution is 5.73. The van der Waals surface area contributed by atoms with E-state index < -0.39 is 0 Å². The molecule has 0 unspecified atom stereocenters. The minimum atomic E-state index is -0.232. The third kappa shape index (κ3) is 3.56. The fourth-order valence-corrected chi connectivity index (χ4v) is 0.876. The Morgan fingerprint density at radius 2 is 2.08 bits per heavy atom. The molecule has 0 atom stereocenters. The molecule has 0 radical (unpaired) electrons. The number of hydrogen-bond acceptors (Lipinski definition) is 2. The van der Waals surface area contributed by atoms with Crippen molar-refractivity contribution in [1.82, 2.24) is 0 Å². The van der Waals surface area contributed by atoms with Crippen LogP contribution in [0.1, 0.15) is 13.3 Å². The summed E-state index contributed by atoms with van der Waals surface area (Å²) in [5, 5.41) is 0. The summed E-state index contributed by atoms with van der Waals surface area (Å²) in [6.45, 7) is 1.87. The van der Waals surface area contributed by atoms with Crippen molar-refractivity contribution in [3.8, 4) is 5.75 Å². The summed E-state index contributed by atoms with van der Waals surface area (Å²) < 4.78 is 5.03. The van der Waals surface area contributed by atoms with Crippen molar-refractivity contribution in [2.75, 3.05) is 0 Å². The van der Waals surface area contributed by atoms with E-state index in [-0.39, 0.29) is 5.97 Å². The van der Waals surface area contributed by atoms with E-state index in [9.17, 15) is 4.79 Å². The van der Waals surface area contributed by atoms with Gasteiger partial charge >= 0.3 is 5.97 Å². The van der Waals surface area contributed by atoms with Gasteiger partial charge in [-0.25, -0.2) is 0 Å². The first-order valence-corrected chi connectivity index (χ1v) is 4.20. The van der Waals surface area contributed by atoms with E-state index in [4.69, 9.17) is 4.74 Å². The number of carbonyl (C=O) groups is 1. The first-order valence-electron chi connectivity index (χ1n) is 4.20. The van der Waals surface area contributed by atoms with Crippen molar-refractivity contribution in [1.29, 1.82) is 0 Å². The Bertz CT molecular complexity index is 288. The number of esters is 1. The highest BCUT2D eigenvalue weighted by atomic mass is 16.5. The van der Waals surface area contributed by atoms with Crippen LogP contribution in [0.2, 0.25) is 0 Å². The van der Waals surface area contributed by atoms with Gasteiger partial charge in [0.1, 0.15) is 5.75 Å². The van der Waals surface area contributed by atoms with Crippen molar-refractivity contribution < 1.29 is 9.53 Å². The van der Waals surface area contributed by atoms with Gasteiger partial charge in [-0.3, -0.25) is 4.79 Å². The molecule has 0 N–H and O–H groups in total. The lowest BCUT2D eigenvalue weighted by Gasteiger charge is -2.00. The van der Waals surface area contributed by atoms with E-state index in [1.54, 1.807) is 18.2 Å². The molecule has 2 heteroatoms. The van der Waals surface area contributed by atoms with E-state index in [1.165, 1.54) is 0 Å². The summed E-state index contributed by atoms with van der Waals surface area (Å²) in [6.07, 6.45) is 3.92. The minimum absolute atomic E-state index is 0.232. The number of ether oxygens (including phenoxy) is 1. The summed E-state index contributed by atoms with van der Waals surface area (Å²) in [7, 11) is 0. The predicted molar refractivity (Wildman–Crippen MR) is 51.5 cm³/mol. The second kappa shape index (κ2) is 5.14. The molecule has 0 fully saturated rings. The topological polar surface area (TPSA) is 26.3 Å². The van der Waals surface area contributed by atoms with Gasteiger partial charge in [0.05, 0.1) is 6.42 Å². The molecule has 0 bridgehead atoms. The maximum absolute atomic E-state index is 11.1. The molecule has 1 aromatic carbocycles. The van der Waals surface area contributed by atoms with Crippen LogP contribution in [0.25, 0.3) is 0 Å². The zero-order valence-electron chi connectivity index (χ0n) is 7.57. The first kappa shape index (κ1) is 9.52. The molecule has 0 aromatic heterocycles. The van der Waals surface area contributed by atoms with Gasteiger partial charge in [0.2, 0.25) is 0 Å². The maximum atomic E-state index is 11.1. The highest BCUT2D eigenvalue weighted by Crippen LogP contribution is 2.09. The summed E-state index contributed by atoms with van der Waals surface area (Å²) in [5.74, 6) is 0.362. The summed E-state index contributed by atoms with van der Waals surface area (Å²) in [5.41, 5.74) is 0. The normalized spacial score (nSPS) is 10.2. The Morgan fingerprint density at radius 3 is 2.69 bits per heavy atom. The van der Waals surface area contributed by atoms with E-state index in [1.807, 2.05) is 31.2 Å². The molecule has 0 aliphatic heterocycles. The van der Waals surface area contributed by atoms with Crippen LogP contribution in [-0.2, 0) is 4.79 Å². The minimum Gasteiger partial charge on any atom is -0.426 e. The molecule has 2 nitrogen and oxygen atoms in total.